The number of carbonyl (C=O) groups is 11. The van der Waals surface area contributed by atoms with Gasteiger partial charge in [0.05, 0.1) is 12.4 Å². The highest BCUT2D eigenvalue weighted by Gasteiger charge is 2.26. The van der Waals surface area contributed by atoms with Crippen molar-refractivity contribution in [3.05, 3.63) is 41.2 Å². The second-order valence-corrected chi connectivity index (χ2v) is 14.7. The average Bonchev–Trinajstić information content (AvgIpc) is 3.70. The SMILES string of the molecule is O=C(O)CC[C@H](NC(=O)N[C@@H](CCCCNC(=O)c1cc(NC(=O)Cn2cc(CCCF)nn2)cc(C(=O)NCCCC[C@H](NC(=O)N[C@@H](CCC(=O)O)C(=O)O)C(=O)O)c1)C(=O)O)C(=O)O. The van der Waals surface area contributed by atoms with E-state index < -0.39 is 122 Å². The number of alkyl halides is 1. The quantitative estimate of drug-likeness (QED) is 0.0421. The third-order valence-corrected chi connectivity index (χ3v) is 9.32. The zero-order valence-electron chi connectivity index (χ0n) is 35.8. The molecule has 0 aliphatic rings. The van der Waals surface area contributed by atoms with Gasteiger partial charge in [0, 0.05) is 48.9 Å². The molecule has 2 aromatic rings. The van der Waals surface area contributed by atoms with Crippen molar-refractivity contribution in [2.24, 2.45) is 0 Å². The van der Waals surface area contributed by atoms with Gasteiger partial charge in [0.15, 0.2) is 0 Å². The summed E-state index contributed by atoms with van der Waals surface area (Å²) in [7, 11) is 0. The first-order valence-electron chi connectivity index (χ1n) is 20.6. The number of urea groups is 2. The average molecular weight is 953 g/mol. The highest BCUT2D eigenvalue weighted by Crippen LogP contribution is 2.17. The minimum atomic E-state index is -1.60. The van der Waals surface area contributed by atoms with Crippen LogP contribution in [0, 0.1) is 0 Å². The van der Waals surface area contributed by atoms with Crippen LogP contribution in [0.1, 0.15) is 97.0 Å². The Morgan fingerprint density at radius 1 is 0.567 bits per heavy atom. The standard InChI is InChI=1S/C39H53FN10O17/c40-13-5-6-23-19-50(49-48-23)20-29(51)43-24-17-21(32(56)41-14-3-1-7-25(34(58)59)44-38(66)46-27(36(62)63)9-11-30(52)53)16-22(18-24)33(57)42-15-4-2-8-26(35(60)61)45-39(67)47-28(37(64)65)10-12-31(54)55/h16-19,25-28H,1-15,20H2,(H,41,56)(H,42,57)(H,43,51)(H,52,53)(H,54,55)(H,58,59)(H,60,61)(H,62,63)(H,64,65)(H2,44,46,66)(H2,45,47,67)/t25-,26-,27-,28-/m0/s1. The topological polar surface area (TPSA) is 424 Å². The smallest absolute Gasteiger partial charge is 0.326 e. The van der Waals surface area contributed by atoms with E-state index in [1.807, 2.05) is 10.6 Å². The van der Waals surface area contributed by atoms with Crippen LogP contribution in [0.5, 0.6) is 0 Å². The monoisotopic (exact) mass is 952 g/mol. The number of unbranched alkanes of at least 4 members (excludes halogenated alkanes) is 2. The van der Waals surface area contributed by atoms with Gasteiger partial charge in [-0.25, -0.2) is 33.4 Å². The minimum Gasteiger partial charge on any atom is -0.481 e. The molecule has 7 amide bonds. The van der Waals surface area contributed by atoms with Crippen LogP contribution in [0.2, 0.25) is 0 Å². The summed E-state index contributed by atoms with van der Waals surface area (Å²) in [6.45, 7) is -1.00. The fourth-order valence-electron chi connectivity index (χ4n) is 5.92. The van der Waals surface area contributed by atoms with Crippen LogP contribution in [0.15, 0.2) is 24.4 Å². The number of hydrogen-bond donors (Lipinski definition) is 13. The molecule has 1 aromatic carbocycles. The molecular formula is C39H53FN10O17. The van der Waals surface area contributed by atoms with Crippen molar-refractivity contribution >= 4 is 71.3 Å². The number of nitrogens with zero attached hydrogens (tertiary/aromatic N) is 3. The van der Waals surface area contributed by atoms with E-state index in [0.717, 1.165) is 0 Å². The number of carboxylic acids is 6. The molecule has 0 radical (unpaired) electrons. The molecule has 0 unspecified atom stereocenters. The normalized spacial score (nSPS) is 12.5. The van der Waals surface area contributed by atoms with Gasteiger partial charge in [-0.15, -0.1) is 5.10 Å². The summed E-state index contributed by atoms with van der Waals surface area (Å²) >= 11 is 0. The Bertz CT molecular complexity index is 1990. The first-order valence-corrected chi connectivity index (χ1v) is 20.6. The fourth-order valence-corrected chi connectivity index (χ4v) is 5.92. The number of aryl methyl sites for hydroxylation is 1. The zero-order valence-corrected chi connectivity index (χ0v) is 35.8. The summed E-state index contributed by atoms with van der Waals surface area (Å²) in [5, 5.41) is 79.0. The van der Waals surface area contributed by atoms with Crippen molar-refractivity contribution in [3.63, 3.8) is 0 Å². The molecule has 0 fully saturated rings. The number of halogens is 1. The summed E-state index contributed by atoms with van der Waals surface area (Å²) in [4.78, 5) is 132. The van der Waals surface area contributed by atoms with Gasteiger partial charge in [-0.2, -0.15) is 0 Å². The number of aliphatic carboxylic acids is 6. The number of aromatic nitrogens is 3. The molecule has 4 atom stereocenters. The lowest BCUT2D eigenvalue weighted by Crippen LogP contribution is -2.51. The summed E-state index contributed by atoms with van der Waals surface area (Å²) in [5.74, 6) is -10.6. The van der Waals surface area contributed by atoms with Gasteiger partial charge in [-0.1, -0.05) is 5.21 Å². The third kappa shape index (κ3) is 22.0. The van der Waals surface area contributed by atoms with Crippen LogP contribution in [0.25, 0.3) is 0 Å². The molecule has 13 N–H and O–H groups in total. The second-order valence-electron chi connectivity index (χ2n) is 14.7. The predicted molar refractivity (Wildman–Crippen MR) is 225 cm³/mol. The summed E-state index contributed by atoms with van der Waals surface area (Å²) < 4.78 is 13.8. The van der Waals surface area contributed by atoms with Crippen LogP contribution >= 0.6 is 0 Å². The van der Waals surface area contributed by atoms with Gasteiger partial charge in [-0.3, -0.25) is 28.4 Å². The van der Waals surface area contributed by atoms with Crippen LogP contribution in [-0.2, 0) is 46.5 Å². The number of carboxylic acid groups (broad SMARTS) is 6. The molecular weight excluding hydrogens is 899 g/mol. The molecule has 0 spiro atoms. The van der Waals surface area contributed by atoms with E-state index in [9.17, 15) is 77.6 Å². The molecule has 0 saturated carbocycles. The van der Waals surface area contributed by atoms with E-state index in [0.29, 0.717) is 5.69 Å². The van der Waals surface area contributed by atoms with Crippen molar-refractivity contribution in [1.29, 1.82) is 0 Å². The predicted octanol–water partition coefficient (Wildman–Crippen LogP) is -0.240. The lowest BCUT2D eigenvalue weighted by atomic mass is 10.1. The van der Waals surface area contributed by atoms with E-state index >= 15 is 0 Å². The Labute approximate surface area is 379 Å². The fraction of sp³-hybridized carbons (Fsp3) is 0.513. The lowest BCUT2D eigenvalue weighted by Gasteiger charge is -2.18. The van der Waals surface area contributed by atoms with Crippen LogP contribution in [0.3, 0.4) is 0 Å². The Balaban J connectivity index is 2.08. The zero-order chi connectivity index (χ0) is 50.1. The number of hydrogen-bond acceptors (Lipinski definition) is 13. The maximum atomic E-state index is 13.3. The van der Waals surface area contributed by atoms with Crippen LogP contribution < -0.4 is 37.2 Å². The molecule has 27 nitrogen and oxygen atoms in total. The van der Waals surface area contributed by atoms with E-state index in [-0.39, 0.29) is 87.8 Å². The Morgan fingerprint density at radius 3 is 1.37 bits per heavy atom. The van der Waals surface area contributed by atoms with E-state index in [1.54, 1.807) is 0 Å². The van der Waals surface area contributed by atoms with Gasteiger partial charge >= 0.3 is 47.9 Å². The first kappa shape index (κ1) is 55.2. The summed E-state index contributed by atoms with van der Waals surface area (Å²) in [6, 6.07) is -4.73. The van der Waals surface area contributed by atoms with Crippen molar-refractivity contribution in [2.45, 2.75) is 108 Å². The maximum Gasteiger partial charge on any atom is 0.326 e. The maximum absolute atomic E-state index is 13.3. The largest absolute Gasteiger partial charge is 0.481 e. The highest BCUT2D eigenvalue weighted by molar-refractivity contribution is 6.02. The molecule has 1 heterocycles. The highest BCUT2D eigenvalue weighted by atomic mass is 19.1. The minimum absolute atomic E-state index is 0.00376. The van der Waals surface area contributed by atoms with E-state index in [4.69, 9.17) is 10.2 Å². The number of carbonyl (C=O) groups excluding carboxylic acids is 5. The molecule has 0 bridgehead atoms. The molecule has 0 aliphatic carbocycles. The molecule has 28 heteroatoms. The Kier molecular flexibility index (Phi) is 23.7. The molecule has 1 aromatic heterocycles. The number of benzene rings is 1. The van der Waals surface area contributed by atoms with Crippen molar-refractivity contribution < 1.29 is 87.8 Å². The Morgan fingerprint density at radius 2 is 0.985 bits per heavy atom. The number of rotatable bonds is 32. The molecule has 2 rings (SSSR count). The van der Waals surface area contributed by atoms with Gasteiger partial charge < -0.3 is 67.9 Å². The molecule has 0 saturated heterocycles. The molecule has 67 heavy (non-hydrogen) atoms. The lowest BCUT2D eigenvalue weighted by molar-refractivity contribution is -0.142. The van der Waals surface area contributed by atoms with Crippen molar-refractivity contribution in [3.8, 4) is 0 Å². The Hall–Kier alpha value is -7.94. The number of anilines is 1. The second kappa shape index (κ2) is 28.8. The van der Waals surface area contributed by atoms with E-state index in [1.165, 1.54) is 29.1 Å². The third-order valence-electron chi connectivity index (χ3n) is 9.32. The van der Waals surface area contributed by atoms with Crippen molar-refractivity contribution in [2.75, 3.05) is 25.1 Å². The summed E-state index contributed by atoms with van der Waals surface area (Å²) in [6.07, 6.45) is 0.154. The molecule has 0 aliphatic heterocycles. The van der Waals surface area contributed by atoms with Crippen molar-refractivity contribution in [1.82, 2.24) is 46.9 Å². The first-order chi connectivity index (χ1) is 31.7. The number of nitrogens with one attached hydrogen (secondary N) is 7. The van der Waals surface area contributed by atoms with Gasteiger partial charge in [0.1, 0.15) is 30.7 Å². The summed E-state index contributed by atoms with van der Waals surface area (Å²) in [5.41, 5.74) is 0.249. The van der Waals surface area contributed by atoms with Gasteiger partial charge in [0.2, 0.25) is 5.91 Å². The molecule has 368 valence electrons. The van der Waals surface area contributed by atoms with E-state index in [2.05, 4.69) is 36.9 Å². The van der Waals surface area contributed by atoms with Gasteiger partial charge in [-0.05, 0) is 82.4 Å². The van der Waals surface area contributed by atoms with Crippen LogP contribution in [0.4, 0.5) is 19.7 Å². The van der Waals surface area contributed by atoms with Gasteiger partial charge in [0.25, 0.3) is 11.8 Å². The number of amides is 7. The van der Waals surface area contributed by atoms with Crippen LogP contribution in [-0.4, -0.2) is 155 Å².